The van der Waals surface area contributed by atoms with Crippen molar-refractivity contribution in [3.63, 3.8) is 0 Å². The van der Waals surface area contributed by atoms with Gasteiger partial charge in [-0.05, 0) is 51.0 Å². The number of fused-ring (bicyclic) bond motifs is 1. The number of thioether (sulfide) groups is 1. The van der Waals surface area contributed by atoms with Gasteiger partial charge in [0.1, 0.15) is 16.7 Å². The average Bonchev–Trinajstić information content (AvgIpc) is 3.16. The number of hydrogen-bond acceptors (Lipinski definition) is 8. The summed E-state index contributed by atoms with van der Waals surface area (Å²) >= 11 is 2.55. The monoisotopic (exact) mass is 544 g/mol. The highest BCUT2D eigenvalue weighted by Crippen LogP contribution is 2.37. The van der Waals surface area contributed by atoms with Gasteiger partial charge in [0, 0.05) is 28.4 Å². The summed E-state index contributed by atoms with van der Waals surface area (Å²) in [6, 6.07) is 9.08. The van der Waals surface area contributed by atoms with Crippen LogP contribution in [0.25, 0.3) is 0 Å². The summed E-state index contributed by atoms with van der Waals surface area (Å²) in [4.78, 5) is 50.8. The Morgan fingerprint density at radius 1 is 1.19 bits per heavy atom. The van der Waals surface area contributed by atoms with Gasteiger partial charge in [-0.2, -0.15) is 5.26 Å². The van der Waals surface area contributed by atoms with Gasteiger partial charge >= 0.3 is 12.1 Å². The molecule has 0 atom stereocenters. The Bertz CT molecular complexity index is 1240. The molecule has 1 aromatic carbocycles. The lowest BCUT2D eigenvalue weighted by Gasteiger charge is -2.29. The van der Waals surface area contributed by atoms with Crippen LogP contribution in [0.2, 0.25) is 0 Å². The summed E-state index contributed by atoms with van der Waals surface area (Å²) in [6.07, 6.45) is -0.288. The molecule has 0 aliphatic carbocycles. The Labute approximate surface area is 223 Å². The van der Waals surface area contributed by atoms with E-state index in [0.717, 1.165) is 15.3 Å². The molecule has 0 fully saturated rings. The molecule has 0 unspecified atom stereocenters. The fourth-order valence-electron chi connectivity index (χ4n) is 3.51. The van der Waals surface area contributed by atoms with Crippen LogP contribution < -0.4 is 10.6 Å². The second kappa shape index (κ2) is 12.1. The van der Waals surface area contributed by atoms with Crippen molar-refractivity contribution in [1.82, 2.24) is 4.90 Å². The highest BCUT2D eigenvalue weighted by Gasteiger charge is 2.30. The molecule has 12 heteroatoms. The number of carboxylic acids is 1. The number of nitrogens with one attached hydrogen (secondary N) is 2. The van der Waals surface area contributed by atoms with Crippen molar-refractivity contribution in [3.8, 4) is 6.07 Å². The first-order chi connectivity index (χ1) is 17.4. The number of carbonyl (C=O) groups excluding carboxylic acids is 3. The van der Waals surface area contributed by atoms with Crippen LogP contribution in [0, 0.1) is 11.3 Å². The molecular weight excluding hydrogens is 516 g/mol. The van der Waals surface area contributed by atoms with Crippen LogP contribution in [0.5, 0.6) is 0 Å². The molecule has 0 bridgehead atoms. The van der Waals surface area contributed by atoms with E-state index in [2.05, 4.69) is 16.7 Å². The molecule has 0 saturated carbocycles. The van der Waals surface area contributed by atoms with Gasteiger partial charge in [-0.25, -0.2) is 4.79 Å². The fraction of sp³-hybridized carbons (Fsp3) is 0.400. The number of nitriles is 1. The molecule has 196 valence electrons. The highest BCUT2D eigenvalue weighted by atomic mass is 32.2. The van der Waals surface area contributed by atoms with Crippen molar-refractivity contribution in [2.75, 3.05) is 22.9 Å². The lowest BCUT2D eigenvalue weighted by atomic mass is 10.0. The largest absolute Gasteiger partial charge is 0.481 e. The van der Waals surface area contributed by atoms with Gasteiger partial charge in [0.15, 0.2) is 0 Å². The molecule has 3 amide bonds. The maximum atomic E-state index is 12.7. The minimum Gasteiger partial charge on any atom is -0.481 e. The zero-order chi connectivity index (χ0) is 27.2. The van der Waals surface area contributed by atoms with Crippen LogP contribution in [0.1, 0.15) is 49.6 Å². The van der Waals surface area contributed by atoms with Crippen LogP contribution in [0.3, 0.4) is 0 Å². The average molecular weight is 545 g/mol. The van der Waals surface area contributed by atoms with E-state index in [1.807, 2.05) is 0 Å². The number of anilines is 2. The predicted octanol–water partition coefficient (Wildman–Crippen LogP) is 4.45. The Hall–Kier alpha value is -3.56. The van der Waals surface area contributed by atoms with E-state index >= 15 is 0 Å². The van der Waals surface area contributed by atoms with E-state index in [4.69, 9.17) is 9.84 Å². The molecule has 1 aromatic heterocycles. The maximum Gasteiger partial charge on any atom is 0.410 e. The van der Waals surface area contributed by atoms with Gasteiger partial charge in [-0.1, -0.05) is 6.07 Å². The number of carboxylic acid groups (broad SMARTS) is 1. The quantitative estimate of drug-likeness (QED) is 0.413. The van der Waals surface area contributed by atoms with Crippen LogP contribution in [-0.4, -0.2) is 51.8 Å². The van der Waals surface area contributed by atoms with Gasteiger partial charge in [-0.3, -0.25) is 14.4 Å². The first-order valence-electron chi connectivity index (χ1n) is 11.5. The summed E-state index contributed by atoms with van der Waals surface area (Å²) in [5, 5.41) is 24.3. The third-order valence-electron chi connectivity index (χ3n) is 5.13. The molecule has 37 heavy (non-hydrogen) atoms. The first-order valence-corrected chi connectivity index (χ1v) is 13.3. The predicted molar refractivity (Wildman–Crippen MR) is 141 cm³/mol. The Morgan fingerprint density at radius 2 is 1.95 bits per heavy atom. The molecular formula is C25H28N4O6S2. The molecule has 0 saturated heterocycles. The number of benzene rings is 1. The van der Waals surface area contributed by atoms with E-state index in [0.29, 0.717) is 35.8 Å². The number of hydrogen-bond donors (Lipinski definition) is 3. The molecule has 10 nitrogen and oxygen atoms in total. The van der Waals surface area contributed by atoms with E-state index in [-0.39, 0.29) is 24.5 Å². The zero-order valence-electron chi connectivity index (χ0n) is 20.8. The molecule has 3 rings (SSSR count). The normalized spacial score (nSPS) is 12.8. The van der Waals surface area contributed by atoms with E-state index in [1.165, 1.54) is 23.1 Å². The summed E-state index contributed by atoms with van der Waals surface area (Å²) in [6.45, 7) is 6.16. The second-order valence-corrected chi connectivity index (χ2v) is 11.4. The molecule has 3 N–H and O–H groups in total. The number of ether oxygens (including phenoxy) is 1. The lowest BCUT2D eigenvalue weighted by molar-refractivity contribution is -0.138. The van der Waals surface area contributed by atoms with Gasteiger partial charge in [0.2, 0.25) is 11.8 Å². The van der Waals surface area contributed by atoms with Crippen LogP contribution >= 0.6 is 23.1 Å². The standard InChI is InChI=1S/C25H28N4O6S2/c1-25(2,3)35-24(34)29-10-9-17-18(12-26)23(37-19(17)13-29)28-21(31)14-36-16-6-4-5-15(11-16)27-20(30)7-8-22(32)33/h4-6,11H,7-10,13-14H2,1-3H3,(H,27,30)(H,28,31)(H,32,33). The second-order valence-electron chi connectivity index (χ2n) is 9.28. The third-order valence-corrected chi connectivity index (χ3v) is 7.25. The van der Waals surface area contributed by atoms with Crippen molar-refractivity contribution < 1.29 is 29.0 Å². The molecule has 0 spiro atoms. The summed E-state index contributed by atoms with van der Waals surface area (Å²) in [5.41, 5.74) is 1.18. The Morgan fingerprint density at radius 3 is 2.62 bits per heavy atom. The topological polar surface area (TPSA) is 149 Å². The van der Waals surface area contributed by atoms with Gasteiger partial charge in [-0.15, -0.1) is 23.1 Å². The van der Waals surface area contributed by atoms with Crippen LogP contribution in [0.15, 0.2) is 29.2 Å². The summed E-state index contributed by atoms with van der Waals surface area (Å²) < 4.78 is 5.45. The van der Waals surface area contributed by atoms with E-state index in [1.54, 1.807) is 49.9 Å². The number of nitrogens with zero attached hydrogens (tertiary/aromatic N) is 2. The minimum atomic E-state index is -1.04. The molecule has 1 aliphatic heterocycles. The van der Waals surface area contributed by atoms with Crippen LogP contribution in [-0.2, 0) is 32.1 Å². The van der Waals surface area contributed by atoms with Crippen molar-refractivity contribution >= 4 is 57.7 Å². The van der Waals surface area contributed by atoms with Crippen molar-refractivity contribution in [2.24, 2.45) is 0 Å². The minimum absolute atomic E-state index is 0.0773. The fourth-order valence-corrected chi connectivity index (χ4v) is 5.50. The number of thiophene rings is 1. The maximum absolute atomic E-state index is 12.7. The lowest BCUT2D eigenvalue weighted by Crippen LogP contribution is -2.39. The van der Waals surface area contributed by atoms with Gasteiger partial charge < -0.3 is 25.4 Å². The molecule has 2 aromatic rings. The number of aliphatic carboxylic acids is 1. The molecule has 0 radical (unpaired) electrons. The first kappa shape index (κ1) is 28.0. The number of carbonyl (C=O) groups is 4. The Kier molecular flexibility index (Phi) is 9.18. The number of rotatable bonds is 8. The molecule has 1 aliphatic rings. The van der Waals surface area contributed by atoms with Crippen molar-refractivity contribution in [1.29, 1.82) is 5.26 Å². The van der Waals surface area contributed by atoms with Crippen LogP contribution in [0.4, 0.5) is 15.5 Å². The van der Waals surface area contributed by atoms with E-state index < -0.39 is 23.6 Å². The number of amides is 3. The smallest absolute Gasteiger partial charge is 0.410 e. The molecule has 2 heterocycles. The highest BCUT2D eigenvalue weighted by molar-refractivity contribution is 8.00. The van der Waals surface area contributed by atoms with Gasteiger partial charge in [0.25, 0.3) is 0 Å². The third kappa shape index (κ3) is 8.23. The van der Waals surface area contributed by atoms with Gasteiger partial charge in [0.05, 0.1) is 24.3 Å². The van der Waals surface area contributed by atoms with Crippen molar-refractivity contribution in [2.45, 2.75) is 57.1 Å². The van der Waals surface area contributed by atoms with Crippen molar-refractivity contribution in [3.05, 3.63) is 40.3 Å². The summed E-state index contributed by atoms with van der Waals surface area (Å²) in [5.74, 6) is -1.66. The Balaban J connectivity index is 1.59. The SMILES string of the molecule is CC(C)(C)OC(=O)N1CCc2c(sc(NC(=O)CSc3cccc(NC(=O)CCC(=O)O)c3)c2C#N)C1. The summed E-state index contributed by atoms with van der Waals surface area (Å²) in [7, 11) is 0. The zero-order valence-corrected chi connectivity index (χ0v) is 22.4. The van der Waals surface area contributed by atoms with E-state index in [9.17, 15) is 24.4 Å².